The van der Waals surface area contributed by atoms with Crippen molar-refractivity contribution < 1.29 is 9.53 Å². The molecule has 1 atom stereocenters. The number of halogens is 1. The molecular formula is C23H38IN5O2. The van der Waals surface area contributed by atoms with E-state index in [9.17, 15) is 4.79 Å². The Morgan fingerprint density at radius 2 is 1.77 bits per heavy atom. The van der Waals surface area contributed by atoms with Gasteiger partial charge in [-0.2, -0.15) is 0 Å². The molecule has 3 N–H and O–H groups in total. The summed E-state index contributed by atoms with van der Waals surface area (Å²) in [4.78, 5) is 19.1. The summed E-state index contributed by atoms with van der Waals surface area (Å²) in [6, 6.07) is 8.89. The topological polar surface area (TPSA) is 78.0 Å². The van der Waals surface area contributed by atoms with Gasteiger partial charge in [0.05, 0.1) is 19.7 Å². The van der Waals surface area contributed by atoms with Gasteiger partial charge in [-0.3, -0.25) is 14.7 Å². The van der Waals surface area contributed by atoms with Gasteiger partial charge in [-0.25, -0.2) is 0 Å². The van der Waals surface area contributed by atoms with Crippen LogP contribution in [-0.4, -0.2) is 63.1 Å². The minimum Gasteiger partial charge on any atom is -0.497 e. The molecule has 0 spiro atoms. The van der Waals surface area contributed by atoms with Crippen molar-refractivity contribution in [1.82, 2.24) is 20.9 Å². The van der Waals surface area contributed by atoms with Crippen LogP contribution in [0.4, 0.5) is 0 Å². The molecule has 1 saturated carbocycles. The molecule has 8 heteroatoms. The third-order valence-electron chi connectivity index (χ3n) is 6.16. The average molecular weight is 543 g/mol. The van der Waals surface area contributed by atoms with Crippen LogP contribution in [0.3, 0.4) is 0 Å². The Hall–Kier alpha value is -1.55. The quantitative estimate of drug-likeness (QED) is 0.267. The number of guanidine groups is 1. The smallest absolute Gasteiger partial charge is 0.239 e. The number of carbonyl (C=O) groups is 1. The molecule has 1 heterocycles. The number of ether oxygens (including phenoxy) is 1. The van der Waals surface area contributed by atoms with Crippen LogP contribution in [0.5, 0.6) is 5.75 Å². The molecule has 1 aliphatic heterocycles. The molecule has 2 aliphatic rings. The molecule has 0 aromatic heterocycles. The van der Waals surface area contributed by atoms with Crippen molar-refractivity contribution in [2.75, 3.05) is 40.3 Å². The van der Waals surface area contributed by atoms with Crippen molar-refractivity contribution in [1.29, 1.82) is 0 Å². The first-order valence-electron chi connectivity index (χ1n) is 11.3. The van der Waals surface area contributed by atoms with E-state index in [1.54, 1.807) is 14.2 Å². The summed E-state index contributed by atoms with van der Waals surface area (Å²) in [6.45, 7) is 3.19. The zero-order valence-electron chi connectivity index (χ0n) is 18.9. The zero-order valence-corrected chi connectivity index (χ0v) is 21.2. The van der Waals surface area contributed by atoms with Crippen molar-refractivity contribution in [3.8, 4) is 5.75 Å². The number of aliphatic imine (C=N–C) groups is 1. The molecule has 31 heavy (non-hydrogen) atoms. The van der Waals surface area contributed by atoms with Gasteiger partial charge in [0.25, 0.3) is 0 Å². The predicted molar refractivity (Wildman–Crippen MR) is 136 cm³/mol. The van der Waals surface area contributed by atoms with Gasteiger partial charge in [0.1, 0.15) is 5.75 Å². The highest BCUT2D eigenvalue weighted by Gasteiger charge is 2.24. The number of hydrogen-bond donors (Lipinski definition) is 3. The van der Waals surface area contributed by atoms with Crippen molar-refractivity contribution in [3.63, 3.8) is 0 Å². The normalized spacial score (nSPS) is 18.7. The summed E-state index contributed by atoms with van der Waals surface area (Å²) < 4.78 is 5.30. The van der Waals surface area contributed by atoms with Gasteiger partial charge >= 0.3 is 0 Å². The third kappa shape index (κ3) is 8.14. The van der Waals surface area contributed by atoms with E-state index in [1.165, 1.54) is 37.7 Å². The second kappa shape index (κ2) is 13.8. The summed E-state index contributed by atoms with van der Waals surface area (Å²) in [6.07, 6.45) is 8.38. The molecule has 1 aromatic carbocycles. The minimum absolute atomic E-state index is 0. The average Bonchev–Trinajstić information content (AvgIpc) is 3.31. The first-order chi connectivity index (χ1) is 14.7. The Labute approximate surface area is 203 Å². The van der Waals surface area contributed by atoms with E-state index in [-0.39, 0.29) is 42.5 Å². The number of nitrogens with one attached hydrogen (secondary N) is 3. The van der Waals surface area contributed by atoms with Crippen molar-refractivity contribution >= 4 is 35.8 Å². The molecule has 3 rings (SSSR count). The van der Waals surface area contributed by atoms with Crippen LogP contribution in [0.25, 0.3) is 0 Å². The fourth-order valence-corrected chi connectivity index (χ4v) is 4.44. The Balaban J connectivity index is 0.00000341. The molecule has 2 fully saturated rings. The number of hydrogen-bond acceptors (Lipinski definition) is 4. The maximum absolute atomic E-state index is 12.3. The Kier molecular flexibility index (Phi) is 11.4. The molecule has 1 amide bonds. The number of carbonyl (C=O) groups excluding carboxylic acids is 1. The lowest BCUT2D eigenvalue weighted by molar-refractivity contribution is -0.120. The van der Waals surface area contributed by atoms with E-state index in [1.807, 2.05) is 12.1 Å². The van der Waals surface area contributed by atoms with E-state index < -0.39 is 0 Å². The maximum Gasteiger partial charge on any atom is 0.239 e. The van der Waals surface area contributed by atoms with E-state index in [0.29, 0.717) is 12.0 Å². The van der Waals surface area contributed by atoms with E-state index in [4.69, 9.17) is 4.74 Å². The largest absolute Gasteiger partial charge is 0.497 e. The summed E-state index contributed by atoms with van der Waals surface area (Å²) >= 11 is 0. The van der Waals surface area contributed by atoms with E-state index in [0.717, 1.165) is 38.2 Å². The van der Waals surface area contributed by atoms with Gasteiger partial charge in [0, 0.05) is 19.6 Å². The van der Waals surface area contributed by atoms with Crippen molar-refractivity contribution in [2.24, 2.45) is 4.99 Å². The van der Waals surface area contributed by atoms with Crippen LogP contribution in [0.1, 0.15) is 56.6 Å². The van der Waals surface area contributed by atoms with E-state index >= 15 is 0 Å². The molecule has 1 unspecified atom stereocenters. The minimum atomic E-state index is 0. The molecule has 1 saturated heterocycles. The Morgan fingerprint density at radius 1 is 1.10 bits per heavy atom. The first-order valence-corrected chi connectivity index (χ1v) is 11.3. The SMILES string of the molecule is CN=C(NCC(=O)NC1CCCCC1)NCC(c1ccc(OC)cc1)N1CCCC1.I. The van der Waals surface area contributed by atoms with Crippen molar-refractivity contribution in [2.45, 2.75) is 57.0 Å². The fourth-order valence-electron chi connectivity index (χ4n) is 4.44. The summed E-state index contributed by atoms with van der Waals surface area (Å²) in [7, 11) is 3.43. The lowest BCUT2D eigenvalue weighted by atomic mass is 9.95. The zero-order chi connectivity index (χ0) is 21.2. The van der Waals surface area contributed by atoms with Crippen LogP contribution in [0.2, 0.25) is 0 Å². The lowest BCUT2D eigenvalue weighted by Crippen LogP contribution is -2.47. The van der Waals surface area contributed by atoms with Gasteiger partial charge in [0.2, 0.25) is 5.91 Å². The fraction of sp³-hybridized carbons (Fsp3) is 0.652. The van der Waals surface area contributed by atoms with E-state index in [2.05, 4.69) is 38.0 Å². The highest BCUT2D eigenvalue weighted by molar-refractivity contribution is 14.0. The number of amides is 1. The van der Waals surface area contributed by atoms with Crippen LogP contribution in [0, 0.1) is 0 Å². The maximum atomic E-state index is 12.3. The second-order valence-electron chi connectivity index (χ2n) is 8.24. The summed E-state index contributed by atoms with van der Waals surface area (Å²) in [5.74, 6) is 1.57. The monoisotopic (exact) mass is 543 g/mol. The van der Waals surface area contributed by atoms with Crippen LogP contribution in [-0.2, 0) is 4.79 Å². The van der Waals surface area contributed by atoms with Crippen LogP contribution in [0.15, 0.2) is 29.3 Å². The summed E-state index contributed by atoms with van der Waals surface area (Å²) in [5, 5.41) is 9.72. The van der Waals surface area contributed by atoms with Crippen LogP contribution >= 0.6 is 24.0 Å². The van der Waals surface area contributed by atoms with Gasteiger partial charge in [-0.05, 0) is 56.5 Å². The summed E-state index contributed by atoms with van der Waals surface area (Å²) in [5.41, 5.74) is 1.26. The number of nitrogens with zero attached hydrogens (tertiary/aromatic N) is 2. The molecule has 0 radical (unpaired) electrons. The number of benzene rings is 1. The molecular weight excluding hydrogens is 505 g/mol. The van der Waals surface area contributed by atoms with Crippen molar-refractivity contribution in [3.05, 3.63) is 29.8 Å². The molecule has 7 nitrogen and oxygen atoms in total. The number of rotatable bonds is 8. The molecule has 1 aliphatic carbocycles. The number of likely N-dealkylation sites (tertiary alicyclic amines) is 1. The van der Waals surface area contributed by atoms with Crippen LogP contribution < -0.4 is 20.7 Å². The van der Waals surface area contributed by atoms with Gasteiger partial charge < -0.3 is 20.7 Å². The molecule has 0 bridgehead atoms. The number of methoxy groups -OCH3 is 1. The Morgan fingerprint density at radius 3 is 2.39 bits per heavy atom. The van der Waals surface area contributed by atoms with Gasteiger partial charge in [0.15, 0.2) is 5.96 Å². The highest BCUT2D eigenvalue weighted by atomic mass is 127. The third-order valence-corrected chi connectivity index (χ3v) is 6.16. The Bertz CT molecular complexity index is 686. The molecule has 174 valence electrons. The van der Waals surface area contributed by atoms with Gasteiger partial charge in [-0.15, -0.1) is 24.0 Å². The second-order valence-corrected chi connectivity index (χ2v) is 8.24. The lowest BCUT2D eigenvalue weighted by Gasteiger charge is -2.29. The first kappa shape index (κ1) is 25.7. The standard InChI is InChI=1S/C23H37N5O2.HI/c1-24-23(26-17-22(29)27-19-8-4-3-5-9-19)25-16-21(28-14-6-7-15-28)18-10-12-20(30-2)13-11-18;/h10-13,19,21H,3-9,14-17H2,1-2H3,(H,27,29)(H2,24,25,26);1H. The highest BCUT2D eigenvalue weighted by Crippen LogP contribution is 2.26. The molecule has 1 aromatic rings. The predicted octanol–water partition coefficient (Wildman–Crippen LogP) is 3.06. The van der Waals surface area contributed by atoms with Gasteiger partial charge in [-0.1, -0.05) is 31.4 Å².